The largest absolute Gasteiger partial charge is 0.380 e. The third-order valence-electron chi connectivity index (χ3n) is 2.43. The van der Waals surface area contributed by atoms with E-state index in [1.54, 1.807) is 18.3 Å². The number of ether oxygens (including phenoxy) is 1. The zero-order valence-corrected chi connectivity index (χ0v) is 8.52. The van der Waals surface area contributed by atoms with Crippen molar-refractivity contribution >= 4 is 5.82 Å². The number of hydrogen-bond donors (Lipinski definition) is 0. The van der Waals surface area contributed by atoms with Crippen molar-refractivity contribution in [3.05, 3.63) is 23.9 Å². The van der Waals surface area contributed by atoms with Gasteiger partial charge in [-0.05, 0) is 18.6 Å². The van der Waals surface area contributed by atoms with Crippen molar-refractivity contribution in [1.29, 1.82) is 5.26 Å². The number of nitriles is 1. The Morgan fingerprint density at radius 3 is 3.20 bits per heavy atom. The molecule has 0 N–H and O–H groups in total. The number of rotatable bonds is 1. The second-order valence-electron chi connectivity index (χ2n) is 3.44. The van der Waals surface area contributed by atoms with Gasteiger partial charge in [-0.1, -0.05) is 0 Å². The van der Waals surface area contributed by atoms with E-state index in [2.05, 4.69) is 16.0 Å². The van der Waals surface area contributed by atoms with Crippen LogP contribution in [0.2, 0.25) is 0 Å². The lowest BCUT2D eigenvalue weighted by Gasteiger charge is -2.21. The molecule has 2 rings (SSSR count). The van der Waals surface area contributed by atoms with E-state index in [0.29, 0.717) is 12.2 Å². The third-order valence-corrected chi connectivity index (χ3v) is 2.43. The normalized spacial score (nSPS) is 16.9. The van der Waals surface area contributed by atoms with Gasteiger partial charge >= 0.3 is 0 Å². The summed E-state index contributed by atoms with van der Waals surface area (Å²) in [6, 6.07) is 5.76. The molecule has 1 aromatic rings. The highest BCUT2D eigenvalue weighted by Crippen LogP contribution is 2.17. The lowest BCUT2D eigenvalue weighted by atomic mass is 10.2. The number of aromatic nitrogens is 1. The molecule has 0 bridgehead atoms. The van der Waals surface area contributed by atoms with E-state index in [0.717, 1.165) is 31.9 Å². The zero-order chi connectivity index (χ0) is 10.5. The molecule has 1 aromatic heterocycles. The van der Waals surface area contributed by atoms with Gasteiger partial charge in [-0.3, -0.25) is 0 Å². The van der Waals surface area contributed by atoms with Gasteiger partial charge in [-0.2, -0.15) is 5.26 Å². The first kappa shape index (κ1) is 9.94. The van der Waals surface area contributed by atoms with E-state index in [-0.39, 0.29) is 0 Å². The van der Waals surface area contributed by atoms with Gasteiger partial charge in [0.2, 0.25) is 0 Å². The molecule has 0 amide bonds. The lowest BCUT2D eigenvalue weighted by molar-refractivity contribution is 0.152. The SMILES string of the molecule is N#Cc1cccnc1N1CCCOCC1. The van der Waals surface area contributed by atoms with Crippen molar-refractivity contribution in [2.24, 2.45) is 0 Å². The quantitative estimate of drug-likeness (QED) is 0.687. The van der Waals surface area contributed by atoms with Gasteiger partial charge in [0.15, 0.2) is 0 Å². The molecule has 0 aromatic carbocycles. The first-order valence-electron chi connectivity index (χ1n) is 5.09. The van der Waals surface area contributed by atoms with Crippen LogP contribution in [0, 0.1) is 11.3 Å². The molecule has 1 aliphatic rings. The minimum Gasteiger partial charge on any atom is -0.380 e. The maximum absolute atomic E-state index is 8.97. The Morgan fingerprint density at radius 1 is 1.40 bits per heavy atom. The van der Waals surface area contributed by atoms with Crippen molar-refractivity contribution in [2.75, 3.05) is 31.2 Å². The molecular weight excluding hydrogens is 190 g/mol. The number of anilines is 1. The van der Waals surface area contributed by atoms with Gasteiger partial charge in [0.05, 0.1) is 12.2 Å². The van der Waals surface area contributed by atoms with Gasteiger partial charge in [-0.25, -0.2) is 4.98 Å². The highest BCUT2D eigenvalue weighted by Gasteiger charge is 2.14. The minimum absolute atomic E-state index is 0.638. The van der Waals surface area contributed by atoms with E-state index in [1.807, 2.05) is 0 Å². The number of nitrogens with zero attached hydrogens (tertiary/aromatic N) is 3. The Bertz CT molecular complexity index is 364. The van der Waals surface area contributed by atoms with Crippen molar-refractivity contribution in [1.82, 2.24) is 4.98 Å². The summed E-state index contributed by atoms with van der Waals surface area (Å²) in [5.41, 5.74) is 0.638. The topological polar surface area (TPSA) is 49.2 Å². The van der Waals surface area contributed by atoms with Crippen molar-refractivity contribution < 1.29 is 4.74 Å². The van der Waals surface area contributed by atoms with Gasteiger partial charge in [0.1, 0.15) is 11.9 Å². The summed E-state index contributed by atoms with van der Waals surface area (Å²) in [5.74, 6) is 0.783. The second-order valence-corrected chi connectivity index (χ2v) is 3.44. The molecule has 0 radical (unpaired) electrons. The average molecular weight is 203 g/mol. The lowest BCUT2D eigenvalue weighted by Crippen LogP contribution is -2.27. The predicted octanol–water partition coefficient (Wildman–Crippen LogP) is 1.18. The maximum Gasteiger partial charge on any atom is 0.146 e. The van der Waals surface area contributed by atoms with Crippen LogP contribution in [0.4, 0.5) is 5.82 Å². The molecule has 1 aliphatic heterocycles. The molecule has 0 spiro atoms. The summed E-state index contributed by atoms with van der Waals surface area (Å²) in [6.45, 7) is 3.23. The van der Waals surface area contributed by atoms with Crippen LogP contribution in [-0.2, 0) is 4.74 Å². The van der Waals surface area contributed by atoms with Crippen molar-refractivity contribution in [3.63, 3.8) is 0 Å². The van der Waals surface area contributed by atoms with Crippen LogP contribution in [0.1, 0.15) is 12.0 Å². The smallest absolute Gasteiger partial charge is 0.146 e. The average Bonchev–Trinajstić information content (AvgIpc) is 2.57. The van der Waals surface area contributed by atoms with Gasteiger partial charge < -0.3 is 9.64 Å². The van der Waals surface area contributed by atoms with E-state index < -0.39 is 0 Å². The fraction of sp³-hybridized carbons (Fsp3) is 0.455. The Labute approximate surface area is 89.1 Å². The standard InChI is InChI=1S/C11H13N3O/c12-9-10-3-1-4-13-11(10)14-5-2-7-15-8-6-14/h1,3-4H,2,5-8H2. The van der Waals surface area contributed by atoms with Crippen LogP contribution >= 0.6 is 0 Å². The first-order chi connectivity index (χ1) is 7.42. The summed E-state index contributed by atoms with van der Waals surface area (Å²) >= 11 is 0. The molecule has 4 heteroatoms. The maximum atomic E-state index is 8.97. The molecular formula is C11H13N3O. The monoisotopic (exact) mass is 203 g/mol. The minimum atomic E-state index is 0.638. The molecule has 15 heavy (non-hydrogen) atoms. The van der Waals surface area contributed by atoms with Crippen LogP contribution in [0.25, 0.3) is 0 Å². The fourth-order valence-electron chi connectivity index (χ4n) is 1.69. The Hall–Kier alpha value is -1.60. The summed E-state index contributed by atoms with van der Waals surface area (Å²) in [4.78, 5) is 6.38. The molecule has 78 valence electrons. The second kappa shape index (κ2) is 4.76. The molecule has 0 atom stereocenters. The Balaban J connectivity index is 2.23. The first-order valence-corrected chi connectivity index (χ1v) is 5.09. The van der Waals surface area contributed by atoms with Gasteiger partial charge in [-0.15, -0.1) is 0 Å². The van der Waals surface area contributed by atoms with Crippen LogP contribution < -0.4 is 4.90 Å². The fourth-order valence-corrected chi connectivity index (χ4v) is 1.69. The summed E-state index contributed by atoms with van der Waals surface area (Å²) in [5, 5.41) is 8.97. The molecule has 2 heterocycles. The molecule has 4 nitrogen and oxygen atoms in total. The summed E-state index contributed by atoms with van der Waals surface area (Å²) in [6.07, 6.45) is 2.71. The van der Waals surface area contributed by atoms with Gasteiger partial charge in [0, 0.05) is 25.9 Å². The van der Waals surface area contributed by atoms with Crippen LogP contribution in [0.5, 0.6) is 0 Å². The zero-order valence-electron chi connectivity index (χ0n) is 8.52. The van der Waals surface area contributed by atoms with E-state index in [9.17, 15) is 0 Å². The molecule has 0 aliphatic carbocycles. The van der Waals surface area contributed by atoms with Crippen molar-refractivity contribution in [2.45, 2.75) is 6.42 Å². The number of pyridine rings is 1. The van der Waals surface area contributed by atoms with E-state index in [4.69, 9.17) is 10.00 Å². The van der Waals surface area contributed by atoms with Crippen molar-refractivity contribution in [3.8, 4) is 6.07 Å². The van der Waals surface area contributed by atoms with Crippen LogP contribution in [-0.4, -0.2) is 31.3 Å². The van der Waals surface area contributed by atoms with E-state index in [1.165, 1.54) is 0 Å². The highest BCUT2D eigenvalue weighted by molar-refractivity contribution is 5.53. The third kappa shape index (κ3) is 2.25. The highest BCUT2D eigenvalue weighted by atomic mass is 16.5. The van der Waals surface area contributed by atoms with Crippen LogP contribution in [0.3, 0.4) is 0 Å². The summed E-state index contributed by atoms with van der Waals surface area (Å²) in [7, 11) is 0. The molecule has 0 unspecified atom stereocenters. The molecule has 1 saturated heterocycles. The Morgan fingerprint density at radius 2 is 2.33 bits per heavy atom. The molecule has 0 saturated carbocycles. The number of hydrogen-bond acceptors (Lipinski definition) is 4. The van der Waals surface area contributed by atoms with Gasteiger partial charge in [0.25, 0.3) is 0 Å². The van der Waals surface area contributed by atoms with E-state index >= 15 is 0 Å². The summed E-state index contributed by atoms with van der Waals surface area (Å²) < 4.78 is 5.37. The molecule has 1 fully saturated rings. The predicted molar refractivity (Wildman–Crippen MR) is 56.6 cm³/mol. The Kier molecular flexibility index (Phi) is 3.15. The van der Waals surface area contributed by atoms with Crippen LogP contribution in [0.15, 0.2) is 18.3 Å².